The van der Waals surface area contributed by atoms with E-state index in [0.29, 0.717) is 11.8 Å². The van der Waals surface area contributed by atoms with Gasteiger partial charge in [0.05, 0.1) is 0 Å². The van der Waals surface area contributed by atoms with E-state index in [4.69, 9.17) is 0 Å². The van der Waals surface area contributed by atoms with Gasteiger partial charge in [-0.05, 0) is 89.3 Å². The molecular weight excluding hydrogens is 354 g/mol. The fraction of sp³-hybridized carbons (Fsp3) is 0.692. The average Bonchev–Trinajstić information content (AvgIpc) is 2.71. The van der Waals surface area contributed by atoms with Crippen molar-refractivity contribution in [1.29, 1.82) is 0 Å². The second-order valence-corrected chi connectivity index (χ2v) is 9.49. The van der Waals surface area contributed by atoms with Crippen molar-refractivity contribution in [3.8, 4) is 0 Å². The highest BCUT2D eigenvalue weighted by Gasteiger charge is 2.23. The number of allylic oxidation sites excluding steroid dienone is 5. The largest absolute Gasteiger partial charge is 0.388 e. The van der Waals surface area contributed by atoms with Crippen LogP contribution in [-0.2, 0) is 0 Å². The van der Waals surface area contributed by atoms with Gasteiger partial charge in [-0.15, -0.1) is 0 Å². The number of rotatable bonds is 8. The summed E-state index contributed by atoms with van der Waals surface area (Å²) in [5.74, 6) is 1.20. The van der Waals surface area contributed by atoms with Gasteiger partial charge in [-0.3, -0.25) is 0 Å². The van der Waals surface area contributed by atoms with E-state index in [1.54, 1.807) is 11.1 Å². The van der Waals surface area contributed by atoms with E-state index in [2.05, 4.69) is 66.5 Å². The second kappa shape index (κ2) is 11.8. The molecule has 0 aromatic heterocycles. The molecule has 1 N–H and O–H groups in total. The molecule has 0 aromatic rings. The molecule has 1 saturated heterocycles. The first-order valence-electron chi connectivity index (χ1n) is 12.0. The predicted molar refractivity (Wildman–Crippen MR) is 126 cm³/mol. The summed E-state index contributed by atoms with van der Waals surface area (Å²) in [5.41, 5.74) is 4.55. The molecule has 2 aliphatic carbocycles. The minimum atomic E-state index is 0.554. The Balaban J connectivity index is 1.49. The van der Waals surface area contributed by atoms with Crippen LogP contribution >= 0.6 is 0 Å². The molecule has 0 saturated carbocycles. The van der Waals surface area contributed by atoms with Crippen molar-refractivity contribution in [2.75, 3.05) is 46.8 Å². The summed E-state index contributed by atoms with van der Waals surface area (Å²) >= 11 is 0. The van der Waals surface area contributed by atoms with Gasteiger partial charge >= 0.3 is 0 Å². The summed E-state index contributed by atoms with van der Waals surface area (Å²) in [4.78, 5) is 4.94. The highest BCUT2D eigenvalue weighted by atomic mass is 15.1. The van der Waals surface area contributed by atoms with E-state index in [9.17, 15) is 0 Å². The highest BCUT2D eigenvalue weighted by molar-refractivity contribution is 5.39. The number of nitrogens with zero attached hydrogens (tertiary/aromatic N) is 2. The van der Waals surface area contributed by atoms with Crippen LogP contribution in [0, 0.1) is 11.8 Å². The summed E-state index contributed by atoms with van der Waals surface area (Å²) < 4.78 is 0. The van der Waals surface area contributed by atoms with Crippen molar-refractivity contribution in [1.82, 2.24) is 15.1 Å². The first-order valence-corrected chi connectivity index (χ1v) is 12.0. The number of nitrogens with one attached hydrogen (secondary N) is 1. The molecule has 2 unspecified atom stereocenters. The van der Waals surface area contributed by atoms with Crippen LogP contribution in [-0.4, -0.2) is 56.6 Å². The van der Waals surface area contributed by atoms with E-state index in [0.717, 1.165) is 25.9 Å². The van der Waals surface area contributed by atoms with Crippen LogP contribution in [0.5, 0.6) is 0 Å². The third-order valence-electron chi connectivity index (χ3n) is 6.62. The summed E-state index contributed by atoms with van der Waals surface area (Å²) in [7, 11) is 4.35. The molecule has 0 aromatic carbocycles. The second-order valence-electron chi connectivity index (χ2n) is 9.49. The lowest BCUT2D eigenvalue weighted by Crippen LogP contribution is -2.32. The smallest absolute Gasteiger partial charge is 0.0227 e. The number of hydrogen-bond acceptors (Lipinski definition) is 3. The monoisotopic (exact) mass is 397 g/mol. The standard InChI is InChI=1S/C26H43N3/c1-22-15-16-24(27-17-10-20-29-18-7-4-8-19-29)12-9-14-25(22)26-13-6-5-11-23(26)21-28(2)3/h9,11,13-14,16,22,25,27H,4-8,10,12,15,17-21H2,1-3H3/b14-9+,24-16+. The Morgan fingerprint density at radius 1 is 1.07 bits per heavy atom. The summed E-state index contributed by atoms with van der Waals surface area (Å²) in [6.45, 7) is 8.46. The Bertz CT molecular complexity index is 620. The minimum absolute atomic E-state index is 0.554. The van der Waals surface area contributed by atoms with Crippen molar-refractivity contribution < 1.29 is 0 Å². The van der Waals surface area contributed by atoms with Gasteiger partial charge in [-0.25, -0.2) is 0 Å². The van der Waals surface area contributed by atoms with Gasteiger partial charge < -0.3 is 15.1 Å². The first kappa shape index (κ1) is 22.4. The van der Waals surface area contributed by atoms with Gasteiger partial charge in [0.15, 0.2) is 0 Å². The molecule has 0 bridgehead atoms. The summed E-state index contributed by atoms with van der Waals surface area (Å²) in [6.07, 6.45) is 22.4. The fourth-order valence-corrected chi connectivity index (χ4v) is 4.97. The molecule has 162 valence electrons. The number of likely N-dealkylation sites (N-methyl/N-ethyl adjacent to an activating group) is 1. The van der Waals surface area contributed by atoms with Crippen molar-refractivity contribution in [3.63, 3.8) is 0 Å². The lowest BCUT2D eigenvalue weighted by atomic mass is 9.78. The minimum Gasteiger partial charge on any atom is -0.388 e. The molecule has 0 spiro atoms. The Morgan fingerprint density at radius 2 is 1.86 bits per heavy atom. The van der Waals surface area contributed by atoms with Crippen LogP contribution in [0.3, 0.4) is 0 Å². The molecular formula is C26H43N3. The van der Waals surface area contributed by atoms with Crippen LogP contribution in [0.25, 0.3) is 0 Å². The van der Waals surface area contributed by atoms with E-state index in [1.165, 1.54) is 63.9 Å². The lowest BCUT2D eigenvalue weighted by Gasteiger charge is -2.30. The third kappa shape index (κ3) is 7.15. The lowest BCUT2D eigenvalue weighted by molar-refractivity contribution is 0.226. The zero-order valence-corrected chi connectivity index (χ0v) is 19.1. The zero-order chi connectivity index (χ0) is 20.5. The Hall–Kier alpha value is -1.32. The van der Waals surface area contributed by atoms with Crippen LogP contribution in [0.2, 0.25) is 0 Å². The maximum Gasteiger partial charge on any atom is 0.0227 e. The Morgan fingerprint density at radius 3 is 2.66 bits per heavy atom. The van der Waals surface area contributed by atoms with Crippen LogP contribution < -0.4 is 5.32 Å². The Labute approximate surface area is 179 Å². The van der Waals surface area contributed by atoms with E-state index < -0.39 is 0 Å². The van der Waals surface area contributed by atoms with Gasteiger partial charge in [-0.1, -0.05) is 43.7 Å². The van der Waals surface area contributed by atoms with Gasteiger partial charge in [0.25, 0.3) is 0 Å². The highest BCUT2D eigenvalue weighted by Crippen LogP contribution is 2.34. The molecule has 29 heavy (non-hydrogen) atoms. The molecule has 0 amide bonds. The molecule has 0 radical (unpaired) electrons. The first-order chi connectivity index (χ1) is 14.1. The van der Waals surface area contributed by atoms with Crippen LogP contribution in [0.15, 0.2) is 47.2 Å². The average molecular weight is 398 g/mol. The molecule has 2 atom stereocenters. The molecule has 3 rings (SSSR count). The third-order valence-corrected chi connectivity index (χ3v) is 6.62. The van der Waals surface area contributed by atoms with Crippen LogP contribution in [0.4, 0.5) is 0 Å². The Kier molecular flexibility index (Phi) is 9.07. The molecule has 3 heteroatoms. The van der Waals surface area contributed by atoms with Gasteiger partial charge in [0.2, 0.25) is 0 Å². The summed E-state index contributed by atoms with van der Waals surface area (Å²) in [5, 5.41) is 3.73. The van der Waals surface area contributed by atoms with E-state index in [-0.39, 0.29) is 0 Å². The van der Waals surface area contributed by atoms with Gasteiger partial charge in [0.1, 0.15) is 0 Å². The summed E-state index contributed by atoms with van der Waals surface area (Å²) in [6, 6.07) is 0. The zero-order valence-electron chi connectivity index (χ0n) is 19.1. The SMILES string of the molecule is CC1C/C=C(/NCCCN2CCCCC2)C/C=C/C1C1=CCCC=C1CN(C)C. The van der Waals surface area contributed by atoms with Crippen molar-refractivity contribution in [2.45, 2.75) is 58.3 Å². The quantitative estimate of drug-likeness (QED) is 0.451. The molecule has 3 nitrogen and oxygen atoms in total. The van der Waals surface area contributed by atoms with Crippen molar-refractivity contribution in [2.24, 2.45) is 11.8 Å². The molecule has 1 fully saturated rings. The number of piperidine rings is 1. The number of hydrogen-bond donors (Lipinski definition) is 1. The van der Waals surface area contributed by atoms with Crippen LogP contribution in [0.1, 0.15) is 58.3 Å². The predicted octanol–water partition coefficient (Wildman–Crippen LogP) is 5.15. The number of likely N-dealkylation sites (tertiary alicyclic amines) is 1. The van der Waals surface area contributed by atoms with Crippen molar-refractivity contribution >= 4 is 0 Å². The van der Waals surface area contributed by atoms with Crippen molar-refractivity contribution in [3.05, 3.63) is 47.2 Å². The van der Waals surface area contributed by atoms with E-state index in [1.807, 2.05) is 0 Å². The van der Waals surface area contributed by atoms with Gasteiger partial charge in [0, 0.05) is 31.1 Å². The van der Waals surface area contributed by atoms with E-state index >= 15 is 0 Å². The molecule has 3 aliphatic rings. The molecule has 1 aliphatic heterocycles. The molecule has 1 heterocycles. The topological polar surface area (TPSA) is 18.5 Å². The maximum atomic E-state index is 3.73. The maximum absolute atomic E-state index is 3.73. The normalized spacial score (nSPS) is 29.3. The van der Waals surface area contributed by atoms with Gasteiger partial charge in [-0.2, -0.15) is 0 Å². The fourth-order valence-electron chi connectivity index (χ4n) is 4.97.